The summed E-state index contributed by atoms with van der Waals surface area (Å²) in [5.74, 6) is 1.74. The zero-order chi connectivity index (χ0) is 16.8. The fourth-order valence-corrected chi connectivity index (χ4v) is 2.78. The van der Waals surface area contributed by atoms with E-state index in [0.29, 0.717) is 36.9 Å². The van der Waals surface area contributed by atoms with Gasteiger partial charge in [0.15, 0.2) is 5.69 Å². The van der Waals surface area contributed by atoms with Crippen LogP contribution in [0.25, 0.3) is 0 Å². The number of ether oxygens (including phenoxy) is 2. The molecular weight excluding hydrogens is 308 g/mol. The standard InChI is InChI=1S/C18H22N2O4/c1-22-17-5-3-2-4-14(17)6-7-15-10-16(20-24-15)18(21)19-11-13-8-9-23-12-13/h2-5,10,13H,6-9,11-12H2,1H3,(H,19,21). The van der Waals surface area contributed by atoms with Crippen LogP contribution in [0.5, 0.6) is 5.75 Å². The Labute approximate surface area is 141 Å². The predicted octanol–water partition coefficient (Wildman–Crippen LogP) is 2.23. The fraction of sp³-hybridized carbons (Fsp3) is 0.444. The first-order valence-corrected chi connectivity index (χ1v) is 8.19. The van der Waals surface area contributed by atoms with E-state index in [9.17, 15) is 4.79 Å². The topological polar surface area (TPSA) is 73.6 Å². The molecule has 1 saturated heterocycles. The third kappa shape index (κ3) is 4.14. The second-order valence-electron chi connectivity index (χ2n) is 5.93. The van der Waals surface area contributed by atoms with Gasteiger partial charge in [0, 0.05) is 31.6 Å². The predicted molar refractivity (Wildman–Crippen MR) is 88.2 cm³/mol. The van der Waals surface area contributed by atoms with Gasteiger partial charge in [-0.25, -0.2) is 0 Å². The van der Waals surface area contributed by atoms with Crippen LogP contribution in [-0.2, 0) is 17.6 Å². The average molecular weight is 330 g/mol. The summed E-state index contributed by atoms with van der Waals surface area (Å²) in [6.07, 6.45) is 2.42. The van der Waals surface area contributed by atoms with Crippen molar-refractivity contribution in [3.8, 4) is 5.75 Å². The number of nitrogens with one attached hydrogen (secondary N) is 1. The van der Waals surface area contributed by atoms with Crippen molar-refractivity contribution in [1.82, 2.24) is 10.5 Å². The van der Waals surface area contributed by atoms with E-state index < -0.39 is 0 Å². The molecule has 6 nitrogen and oxygen atoms in total. The molecule has 1 atom stereocenters. The number of para-hydroxylation sites is 1. The first-order chi connectivity index (χ1) is 11.8. The van der Waals surface area contributed by atoms with Gasteiger partial charge < -0.3 is 19.3 Å². The summed E-state index contributed by atoms with van der Waals surface area (Å²) in [6, 6.07) is 9.57. The van der Waals surface area contributed by atoms with Gasteiger partial charge in [-0.1, -0.05) is 23.4 Å². The lowest BCUT2D eigenvalue weighted by atomic mass is 10.1. The Bertz CT molecular complexity index is 677. The van der Waals surface area contributed by atoms with Crippen LogP contribution in [0, 0.1) is 5.92 Å². The summed E-state index contributed by atoms with van der Waals surface area (Å²) in [6.45, 7) is 2.10. The van der Waals surface area contributed by atoms with Gasteiger partial charge in [0.1, 0.15) is 11.5 Å². The number of benzene rings is 1. The Morgan fingerprint density at radius 3 is 3.04 bits per heavy atom. The monoisotopic (exact) mass is 330 g/mol. The van der Waals surface area contributed by atoms with Crippen LogP contribution in [-0.4, -0.2) is 37.9 Å². The minimum atomic E-state index is -0.200. The molecule has 3 rings (SSSR count). The maximum Gasteiger partial charge on any atom is 0.273 e. The van der Waals surface area contributed by atoms with Crippen LogP contribution in [0.2, 0.25) is 0 Å². The molecule has 1 unspecified atom stereocenters. The van der Waals surface area contributed by atoms with Gasteiger partial charge in [0.2, 0.25) is 0 Å². The molecule has 0 spiro atoms. The number of hydrogen-bond donors (Lipinski definition) is 1. The number of hydrogen-bond acceptors (Lipinski definition) is 5. The van der Waals surface area contributed by atoms with Gasteiger partial charge in [-0.05, 0) is 24.5 Å². The zero-order valence-electron chi connectivity index (χ0n) is 13.8. The van der Waals surface area contributed by atoms with Gasteiger partial charge >= 0.3 is 0 Å². The highest BCUT2D eigenvalue weighted by Crippen LogP contribution is 2.19. The van der Waals surface area contributed by atoms with Crippen molar-refractivity contribution >= 4 is 5.91 Å². The largest absolute Gasteiger partial charge is 0.496 e. The molecule has 1 fully saturated rings. The second kappa shape index (κ2) is 7.97. The molecule has 6 heteroatoms. The molecule has 128 valence electrons. The molecule has 1 aromatic carbocycles. The molecule has 2 aromatic rings. The van der Waals surface area contributed by atoms with E-state index in [1.807, 2.05) is 24.3 Å². The van der Waals surface area contributed by atoms with Gasteiger partial charge in [-0.3, -0.25) is 4.79 Å². The summed E-state index contributed by atoms with van der Waals surface area (Å²) < 4.78 is 15.9. The molecule has 1 amide bonds. The Hall–Kier alpha value is -2.34. The van der Waals surface area contributed by atoms with Crippen molar-refractivity contribution in [3.05, 3.63) is 47.3 Å². The van der Waals surface area contributed by atoms with Crippen LogP contribution in [0.1, 0.15) is 28.2 Å². The summed E-state index contributed by atoms with van der Waals surface area (Å²) in [5.41, 5.74) is 1.42. The van der Waals surface area contributed by atoms with E-state index in [1.165, 1.54) is 0 Å². The number of aryl methyl sites for hydroxylation is 2. The molecule has 1 aromatic heterocycles. The lowest BCUT2D eigenvalue weighted by Crippen LogP contribution is -2.29. The SMILES string of the molecule is COc1ccccc1CCc1cc(C(=O)NCC2CCOC2)no1. The molecule has 0 aliphatic carbocycles. The number of nitrogens with zero attached hydrogens (tertiary/aromatic N) is 1. The minimum absolute atomic E-state index is 0.200. The Balaban J connectivity index is 1.52. The van der Waals surface area contributed by atoms with E-state index in [-0.39, 0.29) is 5.91 Å². The maximum absolute atomic E-state index is 12.1. The van der Waals surface area contributed by atoms with Crippen molar-refractivity contribution in [3.63, 3.8) is 0 Å². The average Bonchev–Trinajstić information content (AvgIpc) is 3.30. The molecule has 0 bridgehead atoms. The van der Waals surface area contributed by atoms with E-state index in [0.717, 1.165) is 30.8 Å². The molecule has 2 heterocycles. The minimum Gasteiger partial charge on any atom is -0.496 e. The number of carbonyl (C=O) groups is 1. The third-order valence-electron chi connectivity index (χ3n) is 4.20. The number of aromatic nitrogens is 1. The second-order valence-corrected chi connectivity index (χ2v) is 5.93. The number of amides is 1. The molecule has 1 aliphatic rings. The number of methoxy groups -OCH3 is 1. The first kappa shape index (κ1) is 16.5. The quantitative estimate of drug-likeness (QED) is 0.843. The molecular formula is C18H22N2O4. The highest BCUT2D eigenvalue weighted by molar-refractivity contribution is 5.92. The summed E-state index contributed by atoms with van der Waals surface area (Å²) in [4.78, 5) is 12.1. The van der Waals surface area contributed by atoms with Crippen molar-refractivity contribution in [2.45, 2.75) is 19.3 Å². The van der Waals surface area contributed by atoms with Crippen molar-refractivity contribution in [2.24, 2.45) is 5.92 Å². The van der Waals surface area contributed by atoms with Crippen molar-refractivity contribution in [2.75, 3.05) is 26.9 Å². The smallest absolute Gasteiger partial charge is 0.273 e. The fourth-order valence-electron chi connectivity index (χ4n) is 2.78. The van der Waals surface area contributed by atoms with Crippen LogP contribution in [0.15, 0.2) is 34.9 Å². The van der Waals surface area contributed by atoms with E-state index in [4.69, 9.17) is 14.0 Å². The number of rotatable bonds is 7. The molecule has 1 aliphatic heterocycles. The van der Waals surface area contributed by atoms with Gasteiger partial charge in [0.05, 0.1) is 13.7 Å². The van der Waals surface area contributed by atoms with Crippen LogP contribution >= 0.6 is 0 Å². The maximum atomic E-state index is 12.1. The third-order valence-corrected chi connectivity index (χ3v) is 4.20. The number of carbonyl (C=O) groups excluding carboxylic acids is 1. The molecule has 0 radical (unpaired) electrons. The normalized spacial score (nSPS) is 17.0. The van der Waals surface area contributed by atoms with E-state index >= 15 is 0 Å². The molecule has 1 N–H and O–H groups in total. The van der Waals surface area contributed by atoms with Crippen molar-refractivity contribution in [1.29, 1.82) is 0 Å². The lowest BCUT2D eigenvalue weighted by Gasteiger charge is -2.07. The van der Waals surface area contributed by atoms with Crippen LogP contribution in [0.3, 0.4) is 0 Å². The summed E-state index contributed by atoms with van der Waals surface area (Å²) in [5, 5.41) is 6.75. The van der Waals surface area contributed by atoms with Crippen LogP contribution < -0.4 is 10.1 Å². The highest BCUT2D eigenvalue weighted by atomic mass is 16.5. The summed E-state index contributed by atoms with van der Waals surface area (Å²) >= 11 is 0. The van der Waals surface area contributed by atoms with Crippen molar-refractivity contribution < 1.29 is 18.8 Å². The zero-order valence-corrected chi connectivity index (χ0v) is 13.8. The molecule has 24 heavy (non-hydrogen) atoms. The highest BCUT2D eigenvalue weighted by Gasteiger charge is 2.18. The Morgan fingerprint density at radius 2 is 2.25 bits per heavy atom. The van der Waals surface area contributed by atoms with Gasteiger partial charge in [-0.15, -0.1) is 0 Å². The van der Waals surface area contributed by atoms with Gasteiger partial charge in [-0.2, -0.15) is 0 Å². The van der Waals surface area contributed by atoms with Gasteiger partial charge in [0.25, 0.3) is 5.91 Å². The molecule has 0 saturated carbocycles. The Kier molecular flexibility index (Phi) is 5.48. The van der Waals surface area contributed by atoms with Crippen LogP contribution in [0.4, 0.5) is 0 Å². The summed E-state index contributed by atoms with van der Waals surface area (Å²) in [7, 11) is 1.66. The first-order valence-electron chi connectivity index (χ1n) is 8.19. The Morgan fingerprint density at radius 1 is 1.38 bits per heavy atom. The van der Waals surface area contributed by atoms with E-state index in [2.05, 4.69) is 10.5 Å². The van der Waals surface area contributed by atoms with E-state index in [1.54, 1.807) is 13.2 Å². The lowest BCUT2D eigenvalue weighted by molar-refractivity contribution is 0.0936.